The van der Waals surface area contributed by atoms with Gasteiger partial charge in [0.15, 0.2) is 0 Å². The van der Waals surface area contributed by atoms with Gasteiger partial charge >= 0.3 is 12.1 Å². The zero-order valence-corrected chi connectivity index (χ0v) is 16.2. The number of aryl methyl sites for hydroxylation is 1. The molecule has 0 amide bonds. The lowest BCUT2D eigenvalue weighted by molar-refractivity contribution is -0.137. The minimum atomic E-state index is -4.28. The van der Waals surface area contributed by atoms with Crippen molar-refractivity contribution in [2.45, 2.75) is 19.6 Å². The largest absolute Gasteiger partial charge is 0.465 e. The highest BCUT2D eigenvalue weighted by atomic mass is 19.4. The average Bonchev–Trinajstić information content (AvgIpc) is 2.73. The Morgan fingerprint density at radius 2 is 1.59 bits per heavy atom. The van der Waals surface area contributed by atoms with E-state index in [1.165, 1.54) is 7.11 Å². The third kappa shape index (κ3) is 6.19. The van der Waals surface area contributed by atoms with Crippen molar-refractivity contribution in [2.24, 2.45) is 5.73 Å². The van der Waals surface area contributed by atoms with Crippen LogP contribution < -0.4 is 5.73 Å². The molecular formula is C23H22F3NO2. The average molecular weight is 401 g/mol. The Hall–Kier alpha value is -3.12. The van der Waals surface area contributed by atoms with E-state index in [2.05, 4.69) is 0 Å². The summed E-state index contributed by atoms with van der Waals surface area (Å²) < 4.78 is 41.5. The van der Waals surface area contributed by atoms with Crippen LogP contribution in [0, 0.1) is 6.92 Å². The molecular weight excluding hydrogens is 379 g/mol. The van der Waals surface area contributed by atoms with E-state index < -0.39 is 11.7 Å². The molecule has 0 unspecified atom stereocenters. The van der Waals surface area contributed by atoms with Crippen molar-refractivity contribution < 1.29 is 22.7 Å². The van der Waals surface area contributed by atoms with Crippen molar-refractivity contribution >= 4 is 5.97 Å². The van der Waals surface area contributed by atoms with Gasteiger partial charge in [0.2, 0.25) is 0 Å². The summed E-state index contributed by atoms with van der Waals surface area (Å²) in [6, 6.07) is 21.1. The van der Waals surface area contributed by atoms with Crippen LogP contribution in [0.1, 0.15) is 27.0 Å². The van der Waals surface area contributed by atoms with Crippen LogP contribution in [0.2, 0.25) is 0 Å². The number of benzene rings is 3. The molecule has 152 valence electrons. The first-order chi connectivity index (χ1) is 13.8. The van der Waals surface area contributed by atoms with Gasteiger partial charge in [-0.05, 0) is 41.8 Å². The van der Waals surface area contributed by atoms with Crippen LogP contribution in [-0.2, 0) is 17.5 Å². The van der Waals surface area contributed by atoms with E-state index in [0.29, 0.717) is 16.7 Å². The van der Waals surface area contributed by atoms with Crippen LogP contribution >= 0.6 is 0 Å². The van der Waals surface area contributed by atoms with Crippen molar-refractivity contribution in [3.63, 3.8) is 0 Å². The summed E-state index contributed by atoms with van der Waals surface area (Å²) in [6.45, 7) is 1.75. The van der Waals surface area contributed by atoms with E-state index in [-0.39, 0.29) is 12.5 Å². The van der Waals surface area contributed by atoms with Gasteiger partial charge in [-0.15, -0.1) is 0 Å². The molecule has 0 spiro atoms. The molecule has 0 saturated carbocycles. The molecule has 0 radical (unpaired) electrons. The highest BCUT2D eigenvalue weighted by molar-refractivity contribution is 5.97. The van der Waals surface area contributed by atoms with Crippen molar-refractivity contribution in [1.29, 1.82) is 0 Å². The first-order valence-corrected chi connectivity index (χ1v) is 8.87. The highest BCUT2D eigenvalue weighted by Crippen LogP contribution is 2.30. The molecule has 0 aromatic heterocycles. The number of methoxy groups -OCH3 is 1. The third-order valence-corrected chi connectivity index (χ3v) is 4.12. The lowest BCUT2D eigenvalue weighted by atomic mass is 10.00. The van der Waals surface area contributed by atoms with Gasteiger partial charge in [0.1, 0.15) is 0 Å². The van der Waals surface area contributed by atoms with E-state index in [9.17, 15) is 18.0 Å². The normalized spacial score (nSPS) is 10.7. The molecule has 0 bridgehead atoms. The van der Waals surface area contributed by atoms with Gasteiger partial charge < -0.3 is 10.5 Å². The van der Waals surface area contributed by atoms with Crippen LogP contribution in [0.4, 0.5) is 13.2 Å². The van der Waals surface area contributed by atoms with Gasteiger partial charge in [0, 0.05) is 6.54 Å². The molecule has 2 N–H and O–H groups in total. The second-order valence-electron chi connectivity index (χ2n) is 6.31. The maximum absolute atomic E-state index is 12.2. The standard InChI is InChI=1S/C14H12O2.C9H10F3N/c1-16-14(15)13-10-6-5-9-12(13)11-7-3-2-4-8-11;1-6-2-7(5-13)4-8(3-6)9(10,11)12/h2-10H,1H3;2-4H,5,13H2,1H3. The predicted octanol–water partition coefficient (Wildman–Crippen LogP) is 5.61. The summed E-state index contributed by atoms with van der Waals surface area (Å²) in [7, 11) is 1.39. The second kappa shape index (κ2) is 9.89. The van der Waals surface area contributed by atoms with Gasteiger partial charge in [-0.25, -0.2) is 4.79 Å². The monoisotopic (exact) mass is 401 g/mol. The Balaban J connectivity index is 0.000000212. The topological polar surface area (TPSA) is 52.3 Å². The number of hydrogen-bond donors (Lipinski definition) is 1. The summed E-state index contributed by atoms with van der Waals surface area (Å²) >= 11 is 0. The van der Waals surface area contributed by atoms with Crippen molar-refractivity contribution in [2.75, 3.05) is 7.11 Å². The molecule has 3 aromatic rings. The number of hydrogen-bond acceptors (Lipinski definition) is 3. The molecule has 0 atom stereocenters. The SMILES string of the molecule is COC(=O)c1ccccc1-c1ccccc1.Cc1cc(CN)cc(C(F)(F)F)c1. The third-order valence-electron chi connectivity index (χ3n) is 4.12. The number of ether oxygens (including phenoxy) is 1. The molecule has 0 aliphatic carbocycles. The summed E-state index contributed by atoms with van der Waals surface area (Å²) in [5.41, 5.74) is 8.23. The number of alkyl halides is 3. The molecule has 0 aliphatic heterocycles. The Morgan fingerprint density at radius 3 is 2.17 bits per heavy atom. The lowest BCUT2D eigenvalue weighted by Gasteiger charge is -2.09. The van der Waals surface area contributed by atoms with Crippen molar-refractivity contribution in [1.82, 2.24) is 0 Å². The van der Waals surface area contributed by atoms with Gasteiger partial charge in [-0.3, -0.25) is 0 Å². The summed E-state index contributed by atoms with van der Waals surface area (Å²) in [5, 5.41) is 0. The maximum Gasteiger partial charge on any atom is 0.416 e. The van der Waals surface area contributed by atoms with E-state index in [4.69, 9.17) is 10.5 Å². The van der Waals surface area contributed by atoms with Gasteiger partial charge in [0.05, 0.1) is 18.2 Å². The fourth-order valence-corrected chi connectivity index (χ4v) is 2.78. The maximum atomic E-state index is 12.2. The van der Waals surface area contributed by atoms with Crippen LogP contribution in [0.25, 0.3) is 11.1 Å². The fourth-order valence-electron chi connectivity index (χ4n) is 2.78. The fraction of sp³-hybridized carbons (Fsp3) is 0.174. The summed E-state index contributed by atoms with van der Waals surface area (Å²) in [5.74, 6) is -0.306. The van der Waals surface area contributed by atoms with Crippen LogP contribution in [0.3, 0.4) is 0 Å². The summed E-state index contributed by atoms with van der Waals surface area (Å²) in [6.07, 6.45) is -4.28. The van der Waals surface area contributed by atoms with Crippen molar-refractivity contribution in [3.8, 4) is 11.1 Å². The zero-order valence-electron chi connectivity index (χ0n) is 16.2. The number of rotatable bonds is 3. The Bertz CT molecular complexity index is 954. The Labute approximate surface area is 167 Å². The smallest absolute Gasteiger partial charge is 0.416 e. The number of carbonyl (C=O) groups excluding carboxylic acids is 1. The first kappa shape index (κ1) is 22.2. The van der Waals surface area contributed by atoms with Gasteiger partial charge in [-0.1, -0.05) is 60.2 Å². The quantitative estimate of drug-likeness (QED) is 0.580. The molecule has 0 aliphatic rings. The predicted molar refractivity (Wildman–Crippen MR) is 107 cm³/mol. The van der Waals surface area contributed by atoms with E-state index in [1.54, 1.807) is 19.1 Å². The van der Waals surface area contributed by atoms with E-state index in [1.807, 2.05) is 48.5 Å². The molecule has 3 aromatic carbocycles. The van der Waals surface area contributed by atoms with Crippen LogP contribution in [-0.4, -0.2) is 13.1 Å². The Morgan fingerprint density at radius 1 is 0.966 bits per heavy atom. The molecule has 3 nitrogen and oxygen atoms in total. The summed E-state index contributed by atoms with van der Waals surface area (Å²) in [4.78, 5) is 11.6. The van der Waals surface area contributed by atoms with Crippen LogP contribution in [0.15, 0.2) is 72.8 Å². The van der Waals surface area contributed by atoms with E-state index in [0.717, 1.165) is 23.3 Å². The number of carbonyl (C=O) groups is 1. The molecule has 0 heterocycles. The van der Waals surface area contributed by atoms with Crippen LogP contribution in [0.5, 0.6) is 0 Å². The first-order valence-electron chi connectivity index (χ1n) is 8.87. The Kier molecular flexibility index (Phi) is 7.56. The van der Waals surface area contributed by atoms with Gasteiger partial charge in [0.25, 0.3) is 0 Å². The highest BCUT2D eigenvalue weighted by Gasteiger charge is 2.30. The minimum Gasteiger partial charge on any atom is -0.465 e. The zero-order chi connectivity index (χ0) is 21.4. The van der Waals surface area contributed by atoms with Gasteiger partial charge in [-0.2, -0.15) is 13.2 Å². The second-order valence-corrected chi connectivity index (χ2v) is 6.31. The molecule has 3 rings (SSSR count). The van der Waals surface area contributed by atoms with E-state index >= 15 is 0 Å². The minimum absolute atomic E-state index is 0.130. The number of nitrogens with two attached hydrogens (primary N) is 1. The number of esters is 1. The molecule has 0 fully saturated rings. The lowest BCUT2D eigenvalue weighted by Crippen LogP contribution is -2.07. The number of halogens is 3. The van der Waals surface area contributed by atoms with Crippen molar-refractivity contribution in [3.05, 3.63) is 95.1 Å². The molecule has 29 heavy (non-hydrogen) atoms. The molecule has 6 heteroatoms. The molecule has 0 saturated heterocycles.